The van der Waals surface area contributed by atoms with Gasteiger partial charge < -0.3 is 20.4 Å². The van der Waals surface area contributed by atoms with Crippen LogP contribution in [0.25, 0.3) is 0 Å². The minimum absolute atomic E-state index is 0.147. The highest BCUT2D eigenvalue weighted by Crippen LogP contribution is 2.30. The number of nitrogens with zero attached hydrogens (tertiary/aromatic N) is 1. The van der Waals surface area contributed by atoms with E-state index in [2.05, 4.69) is 20.6 Å². The number of H-pyrrole nitrogens is 1. The second-order valence-electron chi connectivity index (χ2n) is 5.70. The lowest BCUT2D eigenvalue weighted by molar-refractivity contribution is -0.128. The number of amides is 2. The van der Waals surface area contributed by atoms with Crippen LogP contribution in [0, 0.1) is 5.41 Å². The van der Waals surface area contributed by atoms with Crippen molar-refractivity contribution in [1.29, 1.82) is 0 Å². The molecule has 20 heavy (non-hydrogen) atoms. The van der Waals surface area contributed by atoms with Gasteiger partial charge >= 0.3 is 0 Å². The Hall–Kier alpha value is -2.18. The number of rotatable bonds is 5. The maximum absolute atomic E-state index is 12.2. The van der Waals surface area contributed by atoms with Gasteiger partial charge in [-0.15, -0.1) is 0 Å². The van der Waals surface area contributed by atoms with Gasteiger partial charge in [0, 0.05) is 30.1 Å². The molecule has 1 aliphatic rings. The molecule has 0 spiro atoms. The van der Waals surface area contributed by atoms with Crippen LogP contribution in [-0.4, -0.2) is 40.2 Å². The first-order chi connectivity index (χ1) is 9.42. The number of aromatic amines is 1. The van der Waals surface area contributed by atoms with Gasteiger partial charge in [0.2, 0.25) is 11.8 Å². The topological polar surface area (TPSA) is 104 Å². The maximum atomic E-state index is 12.2. The van der Waals surface area contributed by atoms with Crippen LogP contribution in [0.4, 0.5) is 0 Å². The fourth-order valence-electron chi connectivity index (χ4n) is 2.38. The van der Waals surface area contributed by atoms with Crippen LogP contribution in [0.3, 0.4) is 0 Å². The number of aldehydes is 1. The Morgan fingerprint density at radius 1 is 1.65 bits per heavy atom. The maximum Gasteiger partial charge on any atom is 0.243 e. The Morgan fingerprint density at radius 2 is 2.40 bits per heavy atom. The van der Waals surface area contributed by atoms with E-state index in [4.69, 9.17) is 0 Å². The monoisotopic (exact) mass is 278 g/mol. The lowest BCUT2D eigenvalue weighted by Crippen LogP contribution is -2.51. The van der Waals surface area contributed by atoms with Gasteiger partial charge in [-0.05, 0) is 0 Å². The smallest absolute Gasteiger partial charge is 0.243 e. The summed E-state index contributed by atoms with van der Waals surface area (Å²) in [7, 11) is 0. The molecule has 1 fully saturated rings. The molecule has 7 nitrogen and oxygen atoms in total. The van der Waals surface area contributed by atoms with Crippen LogP contribution in [0.15, 0.2) is 12.5 Å². The van der Waals surface area contributed by atoms with E-state index in [0.29, 0.717) is 19.1 Å². The highest BCUT2D eigenvalue weighted by molar-refractivity contribution is 5.93. The summed E-state index contributed by atoms with van der Waals surface area (Å²) in [5, 5.41) is 5.30. The van der Waals surface area contributed by atoms with E-state index in [-0.39, 0.29) is 11.8 Å². The minimum Gasteiger partial charge on any atom is -0.348 e. The molecule has 2 heterocycles. The quantitative estimate of drug-likeness (QED) is 0.635. The predicted octanol–water partition coefficient (Wildman–Crippen LogP) is -0.449. The van der Waals surface area contributed by atoms with Gasteiger partial charge in [-0.1, -0.05) is 13.8 Å². The van der Waals surface area contributed by atoms with Crippen molar-refractivity contribution < 1.29 is 14.4 Å². The molecule has 0 aromatic carbocycles. The third kappa shape index (κ3) is 3.04. The zero-order valence-electron chi connectivity index (χ0n) is 11.5. The van der Waals surface area contributed by atoms with Crippen molar-refractivity contribution >= 4 is 18.1 Å². The molecule has 0 aliphatic carbocycles. The van der Waals surface area contributed by atoms with E-state index in [1.54, 1.807) is 6.20 Å². The van der Waals surface area contributed by atoms with E-state index in [1.807, 2.05) is 13.8 Å². The van der Waals surface area contributed by atoms with Crippen molar-refractivity contribution in [1.82, 2.24) is 20.6 Å². The van der Waals surface area contributed by atoms with Crippen LogP contribution in [0.1, 0.15) is 26.0 Å². The summed E-state index contributed by atoms with van der Waals surface area (Å²) in [6, 6.07) is -1.25. The van der Waals surface area contributed by atoms with Gasteiger partial charge in [0.1, 0.15) is 12.3 Å². The van der Waals surface area contributed by atoms with Crippen molar-refractivity contribution in [2.24, 2.45) is 5.41 Å². The molecular weight excluding hydrogens is 260 g/mol. The summed E-state index contributed by atoms with van der Waals surface area (Å²) in [5.74, 6) is -0.483. The van der Waals surface area contributed by atoms with Gasteiger partial charge in [0.05, 0.1) is 12.4 Å². The summed E-state index contributed by atoms with van der Waals surface area (Å²) in [5.41, 5.74) is 0.305. The Balaban J connectivity index is 1.99. The summed E-state index contributed by atoms with van der Waals surface area (Å²) in [6.07, 6.45) is 4.44. The summed E-state index contributed by atoms with van der Waals surface area (Å²) >= 11 is 0. The van der Waals surface area contributed by atoms with Crippen molar-refractivity contribution in [2.75, 3.05) is 0 Å². The Kier molecular flexibility index (Phi) is 3.87. The average molecular weight is 278 g/mol. The number of imidazole rings is 1. The molecule has 0 saturated carbocycles. The summed E-state index contributed by atoms with van der Waals surface area (Å²) < 4.78 is 0. The molecule has 1 aromatic rings. The molecule has 1 aromatic heterocycles. The first kappa shape index (κ1) is 14.2. The molecule has 2 amide bonds. The lowest BCUT2D eigenvalue weighted by Gasteiger charge is -2.25. The van der Waals surface area contributed by atoms with Gasteiger partial charge in [0.15, 0.2) is 0 Å². The first-order valence-corrected chi connectivity index (χ1v) is 6.44. The second kappa shape index (κ2) is 5.44. The van der Waals surface area contributed by atoms with E-state index >= 15 is 0 Å². The van der Waals surface area contributed by atoms with Crippen molar-refractivity contribution in [3.05, 3.63) is 18.2 Å². The van der Waals surface area contributed by atoms with Crippen molar-refractivity contribution in [3.63, 3.8) is 0 Å². The SMILES string of the molecule is CC1(C)CC(=O)N[C@@H]1C(=O)N[C@H](C=O)Cc1cnc[nH]1. The van der Waals surface area contributed by atoms with E-state index in [9.17, 15) is 14.4 Å². The average Bonchev–Trinajstić information content (AvgIpc) is 2.95. The summed E-state index contributed by atoms with van der Waals surface area (Å²) in [4.78, 5) is 41.4. The molecule has 0 bridgehead atoms. The number of hydrogen-bond acceptors (Lipinski definition) is 4. The molecule has 0 unspecified atom stereocenters. The standard InChI is InChI=1S/C13H18N4O3/c1-13(2)4-10(19)17-11(13)12(20)16-9(6-18)3-8-5-14-7-15-8/h5-7,9,11H,3-4H2,1-2H3,(H,14,15)(H,16,20)(H,17,19)/t9-,11+/m0/s1. The zero-order valence-corrected chi connectivity index (χ0v) is 11.5. The van der Waals surface area contributed by atoms with Crippen LogP contribution in [0.2, 0.25) is 0 Å². The van der Waals surface area contributed by atoms with Crippen LogP contribution in [-0.2, 0) is 20.8 Å². The largest absolute Gasteiger partial charge is 0.348 e. The van der Waals surface area contributed by atoms with Crippen LogP contribution in [0.5, 0.6) is 0 Å². The molecule has 7 heteroatoms. The molecule has 1 saturated heterocycles. The minimum atomic E-state index is -0.642. The Labute approximate surface area is 116 Å². The third-order valence-corrected chi connectivity index (χ3v) is 3.45. The van der Waals surface area contributed by atoms with E-state index < -0.39 is 17.5 Å². The summed E-state index contributed by atoms with van der Waals surface area (Å²) in [6.45, 7) is 3.69. The Morgan fingerprint density at radius 3 is 2.90 bits per heavy atom. The van der Waals surface area contributed by atoms with Crippen molar-refractivity contribution in [3.8, 4) is 0 Å². The van der Waals surface area contributed by atoms with Crippen molar-refractivity contribution in [2.45, 2.75) is 38.8 Å². The number of carbonyl (C=O) groups excluding carboxylic acids is 3. The predicted molar refractivity (Wildman–Crippen MR) is 70.6 cm³/mol. The molecule has 2 rings (SSSR count). The highest BCUT2D eigenvalue weighted by Gasteiger charge is 2.44. The Bertz CT molecular complexity index is 510. The fourth-order valence-corrected chi connectivity index (χ4v) is 2.38. The van der Waals surface area contributed by atoms with E-state index in [0.717, 1.165) is 5.69 Å². The van der Waals surface area contributed by atoms with Gasteiger partial charge in [0.25, 0.3) is 0 Å². The zero-order chi connectivity index (χ0) is 14.8. The first-order valence-electron chi connectivity index (χ1n) is 6.44. The molecule has 3 N–H and O–H groups in total. The van der Waals surface area contributed by atoms with Crippen LogP contribution >= 0.6 is 0 Å². The number of nitrogens with one attached hydrogen (secondary N) is 3. The normalized spacial score (nSPS) is 22.1. The van der Waals surface area contributed by atoms with E-state index in [1.165, 1.54) is 6.33 Å². The number of carbonyl (C=O) groups is 3. The molecule has 108 valence electrons. The third-order valence-electron chi connectivity index (χ3n) is 3.45. The molecular formula is C13H18N4O3. The highest BCUT2D eigenvalue weighted by atomic mass is 16.2. The van der Waals surface area contributed by atoms with Gasteiger partial charge in [-0.2, -0.15) is 0 Å². The lowest BCUT2D eigenvalue weighted by atomic mass is 9.84. The van der Waals surface area contributed by atoms with Gasteiger partial charge in [-0.3, -0.25) is 9.59 Å². The van der Waals surface area contributed by atoms with Crippen LogP contribution < -0.4 is 10.6 Å². The number of hydrogen-bond donors (Lipinski definition) is 3. The van der Waals surface area contributed by atoms with Gasteiger partial charge in [-0.25, -0.2) is 4.98 Å². The second-order valence-corrected chi connectivity index (χ2v) is 5.70. The molecule has 2 atom stereocenters. The molecule has 0 radical (unpaired) electrons. The number of aromatic nitrogens is 2. The molecule has 1 aliphatic heterocycles. The fraction of sp³-hybridized carbons (Fsp3) is 0.538.